The molecule has 0 fully saturated rings. The predicted octanol–water partition coefficient (Wildman–Crippen LogP) is 3.88. The number of benzene rings is 2. The molecule has 2 amide bonds. The van der Waals surface area contributed by atoms with Crippen LogP contribution in [-0.2, 0) is 19.1 Å². The van der Waals surface area contributed by atoms with Gasteiger partial charge in [-0.15, -0.1) is 0 Å². The van der Waals surface area contributed by atoms with E-state index >= 15 is 0 Å². The fraction of sp³-hybridized carbons (Fsp3) is 0.348. The van der Waals surface area contributed by atoms with Crippen LogP contribution in [0.4, 0.5) is 11.4 Å². The number of anilines is 2. The van der Waals surface area contributed by atoms with E-state index in [2.05, 4.69) is 5.32 Å². The van der Waals surface area contributed by atoms with Gasteiger partial charge < -0.3 is 10.1 Å². The monoisotopic (exact) mass is 394 g/mol. The number of fused-ring (bicyclic) bond motifs is 1. The van der Waals surface area contributed by atoms with Crippen molar-refractivity contribution < 1.29 is 19.1 Å². The van der Waals surface area contributed by atoms with E-state index in [1.807, 2.05) is 37.3 Å². The van der Waals surface area contributed by atoms with Crippen LogP contribution in [0.2, 0.25) is 0 Å². The minimum atomic E-state index is -1.11. The Morgan fingerprint density at radius 2 is 1.66 bits per heavy atom. The standard InChI is InChI=1S/C23H26N2O4/c1-15(17-10-6-5-7-11-17)14-20(26)29-16(2)21(27)25-19-13-9-8-12-18(19)24-22(28)23(25,3)4/h5-13,15-16H,14H2,1-4H3,(H,24,28)/t15-,16-/m1/s1. The molecule has 1 aliphatic rings. The number of carbonyl (C=O) groups excluding carboxylic acids is 3. The smallest absolute Gasteiger partial charge is 0.307 e. The van der Waals surface area contributed by atoms with Crippen molar-refractivity contribution in [1.29, 1.82) is 0 Å². The second-order valence-electron chi connectivity index (χ2n) is 7.85. The zero-order chi connectivity index (χ0) is 21.2. The van der Waals surface area contributed by atoms with E-state index in [0.717, 1.165) is 5.56 Å². The molecule has 1 N–H and O–H groups in total. The summed E-state index contributed by atoms with van der Waals surface area (Å²) in [6, 6.07) is 16.8. The molecule has 1 aliphatic heterocycles. The second-order valence-corrected chi connectivity index (χ2v) is 7.85. The molecule has 2 aromatic carbocycles. The van der Waals surface area contributed by atoms with Crippen LogP contribution >= 0.6 is 0 Å². The lowest BCUT2D eigenvalue weighted by Gasteiger charge is -2.42. The fourth-order valence-corrected chi connectivity index (χ4v) is 3.47. The first-order valence-corrected chi connectivity index (χ1v) is 9.70. The van der Waals surface area contributed by atoms with Gasteiger partial charge >= 0.3 is 5.97 Å². The molecule has 0 saturated carbocycles. The first-order valence-electron chi connectivity index (χ1n) is 9.70. The van der Waals surface area contributed by atoms with Crippen LogP contribution < -0.4 is 10.2 Å². The molecule has 3 rings (SSSR count). The zero-order valence-corrected chi connectivity index (χ0v) is 17.1. The van der Waals surface area contributed by atoms with Crippen molar-refractivity contribution in [3.8, 4) is 0 Å². The van der Waals surface area contributed by atoms with Gasteiger partial charge in [-0.25, -0.2) is 0 Å². The Hall–Kier alpha value is -3.15. The molecule has 29 heavy (non-hydrogen) atoms. The highest BCUT2D eigenvalue weighted by molar-refractivity contribution is 6.15. The predicted molar refractivity (Wildman–Crippen MR) is 112 cm³/mol. The summed E-state index contributed by atoms with van der Waals surface area (Å²) in [6.45, 7) is 6.82. The summed E-state index contributed by atoms with van der Waals surface area (Å²) >= 11 is 0. The van der Waals surface area contributed by atoms with Crippen molar-refractivity contribution in [2.75, 3.05) is 10.2 Å². The first-order chi connectivity index (χ1) is 13.7. The summed E-state index contributed by atoms with van der Waals surface area (Å²) in [4.78, 5) is 39.5. The SMILES string of the molecule is C[C@H](CC(=O)O[C@H](C)C(=O)N1c2ccccc2NC(=O)C1(C)C)c1ccccc1. The van der Waals surface area contributed by atoms with Gasteiger partial charge in [0.15, 0.2) is 6.10 Å². The van der Waals surface area contributed by atoms with Crippen molar-refractivity contribution in [2.24, 2.45) is 0 Å². The molecule has 0 bridgehead atoms. The van der Waals surface area contributed by atoms with E-state index in [1.54, 1.807) is 45.0 Å². The molecule has 1 heterocycles. The topological polar surface area (TPSA) is 75.7 Å². The number of nitrogens with one attached hydrogen (secondary N) is 1. The van der Waals surface area contributed by atoms with E-state index in [4.69, 9.17) is 4.74 Å². The van der Waals surface area contributed by atoms with E-state index in [0.29, 0.717) is 11.4 Å². The number of carbonyl (C=O) groups is 3. The Morgan fingerprint density at radius 1 is 1.03 bits per heavy atom. The minimum Gasteiger partial charge on any atom is -0.453 e. The molecule has 6 heteroatoms. The average molecular weight is 394 g/mol. The number of hydrogen-bond donors (Lipinski definition) is 1. The summed E-state index contributed by atoms with van der Waals surface area (Å²) < 4.78 is 5.44. The third-order valence-electron chi connectivity index (χ3n) is 5.23. The maximum absolute atomic E-state index is 13.2. The lowest BCUT2D eigenvalue weighted by molar-refractivity contribution is -0.154. The summed E-state index contributed by atoms with van der Waals surface area (Å²) in [6.07, 6.45) is -0.842. The van der Waals surface area contributed by atoms with E-state index in [-0.39, 0.29) is 18.2 Å². The van der Waals surface area contributed by atoms with Crippen molar-refractivity contribution in [1.82, 2.24) is 0 Å². The highest BCUT2D eigenvalue weighted by Crippen LogP contribution is 2.37. The van der Waals surface area contributed by atoms with Crippen LogP contribution in [-0.4, -0.2) is 29.4 Å². The first kappa shape index (κ1) is 20.6. The second kappa shape index (κ2) is 8.07. The highest BCUT2D eigenvalue weighted by Gasteiger charge is 2.45. The third-order valence-corrected chi connectivity index (χ3v) is 5.23. The molecule has 152 valence electrons. The van der Waals surface area contributed by atoms with Crippen molar-refractivity contribution >= 4 is 29.2 Å². The molecule has 0 saturated heterocycles. The van der Waals surface area contributed by atoms with Crippen LogP contribution in [0.3, 0.4) is 0 Å². The van der Waals surface area contributed by atoms with Gasteiger partial charge in [-0.3, -0.25) is 19.3 Å². The summed E-state index contributed by atoms with van der Waals surface area (Å²) in [5.41, 5.74) is 1.07. The molecule has 0 unspecified atom stereocenters. The highest BCUT2D eigenvalue weighted by atomic mass is 16.5. The quantitative estimate of drug-likeness (QED) is 0.781. The van der Waals surface area contributed by atoms with Gasteiger partial charge in [-0.2, -0.15) is 0 Å². The zero-order valence-electron chi connectivity index (χ0n) is 17.1. The Labute approximate surface area is 170 Å². The van der Waals surface area contributed by atoms with Crippen LogP contribution in [0.5, 0.6) is 0 Å². The van der Waals surface area contributed by atoms with E-state index in [9.17, 15) is 14.4 Å². The number of para-hydroxylation sites is 2. The van der Waals surface area contributed by atoms with Gasteiger partial charge in [0.05, 0.1) is 17.8 Å². The normalized spacial score (nSPS) is 17.0. The maximum atomic E-state index is 13.2. The third kappa shape index (κ3) is 4.16. The molecule has 0 aliphatic carbocycles. The molecular weight excluding hydrogens is 368 g/mol. The van der Waals surface area contributed by atoms with Crippen LogP contribution in [0.25, 0.3) is 0 Å². The molecule has 0 spiro atoms. The summed E-state index contributed by atoms with van der Waals surface area (Å²) in [5, 5.41) is 2.82. The maximum Gasteiger partial charge on any atom is 0.307 e. The lowest BCUT2D eigenvalue weighted by Crippen LogP contribution is -2.60. The fourth-order valence-electron chi connectivity index (χ4n) is 3.47. The molecule has 2 aromatic rings. The molecule has 0 radical (unpaired) electrons. The number of nitrogens with zero attached hydrogens (tertiary/aromatic N) is 1. The summed E-state index contributed by atoms with van der Waals surface area (Å²) in [7, 11) is 0. The molecule has 6 nitrogen and oxygen atoms in total. The Bertz CT molecular complexity index is 923. The molecular formula is C23H26N2O4. The number of amides is 2. The van der Waals surface area contributed by atoms with E-state index < -0.39 is 23.5 Å². The van der Waals surface area contributed by atoms with Gasteiger partial charge in [-0.1, -0.05) is 49.4 Å². The minimum absolute atomic E-state index is 0.0241. The Morgan fingerprint density at radius 3 is 2.34 bits per heavy atom. The Kier molecular flexibility index (Phi) is 5.73. The molecule has 2 atom stereocenters. The van der Waals surface area contributed by atoms with Crippen molar-refractivity contribution in [3.05, 3.63) is 60.2 Å². The largest absolute Gasteiger partial charge is 0.453 e. The van der Waals surface area contributed by atoms with Crippen molar-refractivity contribution in [2.45, 2.75) is 51.7 Å². The number of esters is 1. The van der Waals surface area contributed by atoms with Gasteiger partial charge in [0.1, 0.15) is 5.54 Å². The van der Waals surface area contributed by atoms with Gasteiger partial charge in [0.2, 0.25) is 5.91 Å². The van der Waals surface area contributed by atoms with E-state index in [1.165, 1.54) is 4.90 Å². The number of hydrogen-bond acceptors (Lipinski definition) is 4. The lowest BCUT2D eigenvalue weighted by atomic mass is 9.95. The average Bonchev–Trinajstić information content (AvgIpc) is 2.69. The van der Waals surface area contributed by atoms with Crippen LogP contribution in [0.15, 0.2) is 54.6 Å². The van der Waals surface area contributed by atoms with Crippen molar-refractivity contribution in [3.63, 3.8) is 0 Å². The summed E-state index contributed by atoms with van der Waals surface area (Å²) in [5.74, 6) is -1.20. The van der Waals surface area contributed by atoms with Crippen LogP contribution in [0.1, 0.15) is 45.6 Å². The van der Waals surface area contributed by atoms with Crippen LogP contribution in [0, 0.1) is 0 Å². The van der Waals surface area contributed by atoms with Gasteiger partial charge in [0.25, 0.3) is 5.91 Å². The number of rotatable bonds is 5. The van der Waals surface area contributed by atoms with Gasteiger partial charge in [-0.05, 0) is 44.4 Å². The number of ether oxygens (including phenoxy) is 1. The Balaban J connectivity index is 1.74. The molecule has 0 aromatic heterocycles. The van der Waals surface area contributed by atoms with Gasteiger partial charge in [0, 0.05) is 0 Å².